The molecule has 0 saturated heterocycles. The van der Waals surface area contributed by atoms with Crippen molar-refractivity contribution >= 4 is 6.08 Å². The van der Waals surface area contributed by atoms with E-state index in [1.165, 1.54) is 57.4 Å². The molecule has 0 N–H and O–H groups in total. The van der Waals surface area contributed by atoms with Crippen molar-refractivity contribution in [2.75, 3.05) is 0 Å². The molecule has 0 aromatic rings. The zero-order valence-electron chi connectivity index (χ0n) is 16.2. The summed E-state index contributed by atoms with van der Waals surface area (Å²) in [5, 5.41) is 0. The highest BCUT2D eigenvalue weighted by Crippen LogP contribution is 2.46. The van der Waals surface area contributed by atoms with E-state index in [4.69, 9.17) is 0 Å². The van der Waals surface area contributed by atoms with Crippen molar-refractivity contribution in [2.24, 2.45) is 34.6 Å². The van der Waals surface area contributed by atoms with E-state index in [9.17, 15) is 13.6 Å². The van der Waals surface area contributed by atoms with Gasteiger partial charge in [0.15, 0.2) is 0 Å². The van der Waals surface area contributed by atoms with Crippen LogP contribution in [0.25, 0.3) is 0 Å². The molecule has 2 nitrogen and oxygen atoms in total. The third kappa shape index (κ3) is 4.74. The van der Waals surface area contributed by atoms with Crippen LogP contribution in [0.5, 0.6) is 0 Å². The summed E-state index contributed by atoms with van der Waals surface area (Å²) in [7, 11) is 0. The lowest BCUT2D eigenvalue weighted by Gasteiger charge is -2.42. The van der Waals surface area contributed by atoms with Crippen molar-refractivity contribution in [3.05, 3.63) is 0 Å². The molecule has 0 amide bonds. The number of nitrogens with zero attached hydrogens (tertiary/aromatic N) is 1. The van der Waals surface area contributed by atoms with Crippen LogP contribution < -0.4 is 0 Å². The molecule has 148 valence electrons. The van der Waals surface area contributed by atoms with E-state index in [2.05, 4.69) is 11.9 Å². The first-order valence-electron chi connectivity index (χ1n) is 11.0. The molecule has 0 spiro atoms. The molecule has 0 aromatic carbocycles. The van der Waals surface area contributed by atoms with Gasteiger partial charge in [-0.25, -0.2) is 13.6 Å². The van der Waals surface area contributed by atoms with Crippen LogP contribution in [-0.2, 0) is 4.79 Å². The average molecular weight is 368 g/mol. The molecule has 3 saturated carbocycles. The van der Waals surface area contributed by atoms with Gasteiger partial charge in [-0.3, -0.25) is 0 Å². The highest BCUT2D eigenvalue weighted by atomic mass is 19.1. The van der Waals surface area contributed by atoms with Crippen molar-refractivity contribution in [3.8, 4) is 0 Å². The number of aliphatic imine (C=N–C) groups is 1. The van der Waals surface area contributed by atoms with Crippen molar-refractivity contribution in [1.82, 2.24) is 0 Å². The van der Waals surface area contributed by atoms with Gasteiger partial charge in [0, 0.05) is 0 Å². The Balaban J connectivity index is 1.45. The standard InChI is InChI=1S/C22H35F2NO/c1-2-3-15-4-6-16(7-5-15)17-8-10-18(11-9-17)19-12-20(23)22(25-14-26)21(24)13-19/h15-22H,2-13H2,1H3. The Kier molecular flexibility index (Phi) is 7.26. The molecule has 4 heteroatoms. The second-order valence-electron chi connectivity index (χ2n) is 9.22. The third-order valence-electron chi connectivity index (χ3n) is 7.74. The molecular formula is C22H35F2NO. The van der Waals surface area contributed by atoms with Gasteiger partial charge < -0.3 is 0 Å². The number of carbonyl (C=O) groups excluding carboxylic acids is 1. The maximum atomic E-state index is 14.2. The van der Waals surface area contributed by atoms with Gasteiger partial charge in [-0.2, -0.15) is 4.99 Å². The maximum absolute atomic E-state index is 14.2. The van der Waals surface area contributed by atoms with Crippen LogP contribution in [0.1, 0.15) is 84.0 Å². The molecule has 26 heavy (non-hydrogen) atoms. The van der Waals surface area contributed by atoms with Gasteiger partial charge in [-0.05, 0) is 81.0 Å². The van der Waals surface area contributed by atoms with Crippen molar-refractivity contribution < 1.29 is 13.6 Å². The Bertz CT molecular complexity index is 465. The SMILES string of the molecule is CCCC1CCC(C2CCC(C3CC(F)C(N=C=O)C(F)C3)CC2)CC1. The topological polar surface area (TPSA) is 29.4 Å². The summed E-state index contributed by atoms with van der Waals surface area (Å²) in [5.41, 5.74) is 0. The van der Waals surface area contributed by atoms with Gasteiger partial charge in [0.05, 0.1) is 0 Å². The van der Waals surface area contributed by atoms with Crippen molar-refractivity contribution in [2.45, 2.75) is 102 Å². The highest BCUT2D eigenvalue weighted by molar-refractivity contribution is 5.34. The van der Waals surface area contributed by atoms with E-state index in [0.29, 0.717) is 18.8 Å². The van der Waals surface area contributed by atoms with Crippen LogP contribution in [0.2, 0.25) is 0 Å². The van der Waals surface area contributed by atoms with E-state index >= 15 is 0 Å². The summed E-state index contributed by atoms with van der Waals surface area (Å²) in [4.78, 5) is 13.7. The molecule has 3 aliphatic rings. The van der Waals surface area contributed by atoms with Gasteiger partial charge in [0.25, 0.3) is 0 Å². The summed E-state index contributed by atoms with van der Waals surface area (Å²) < 4.78 is 28.5. The Hall–Kier alpha value is -0.760. The molecule has 0 bridgehead atoms. The Morgan fingerprint density at radius 1 is 0.808 bits per heavy atom. The van der Waals surface area contributed by atoms with E-state index in [-0.39, 0.29) is 5.92 Å². The van der Waals surface area contributed by atoms with Crippen LogP contribution in [0.4, 0.5) is 8.78 Å². The molecule has 3 aliphatic carbocycles. The summed E-state index contributed by atoms with van der Waals surface area (Å²) in [6.45, 7) is 2.29. The van der Waals surface area contributed by atoms with Gasteiger partial charge in [-0.1, -0.05) is 32.6 Å². The smallest absolute Gasteiger partial charge is 0.235 e. The molecule has 3 fully saturated rings. The summed E-state index contributed by atoms with van der Waals surface area (Å²) in [6.07, 6.45) is 12.5. The van der Waals surface area contributed by atoms with Crippen LogP contribution in [0.15, 0.2) is 4.99 Å². The van der Waals surface area contributed by atoms with E-state index in [1.54, 1.807) is 0 Å². The minimum atomic E-state index is -1.32. The van der Waals surface area contributed by atoms with Crippen LogP contribution in [0, 0.1) is 29.6 Å². The average Bonchev–Trinajstić information content (AvgIpc) is 2.66. The lowest BCUT2D eigenvalue weighted by Crippen LogP contribution is -2.41. The van der Waals surface area contributed by atoms with E-state index < -0.39 is 18.4 Å². The fourth-order valence-corrected chi connectivity index (χ4v) is 6.23. The van der Waals surface area contributed by atoms with Gasteiger partial charge in [-0.15, -0.1) is 0 Å². The molecule has 0 aromatic heterocycles. The van der Waals surface area contributed by atoms with Gasteiger partial charge >= 0.3 is 0 Å². The van der Waals surface area contributed by atoms with Crippen LogP contribution in [0.3, 0.4) is 0 Å². The lowest BCUT2D eigenvalue weighted by molar-refractivity contribution is 0.0425. The molecule has 2 atom stereocenters. The van der Waals surface area contributed by atoms with Crippen molar-refractivity contribution in [3.63, 3.8) is 0 Å². The van der Waals surface area contributed by atoms with E-state index in [1.807, 2.05) is 0 Å². The fraction of sp³-hybridized carbons (Fsp3) is 0.955. The first-order valence-corrected chi connectivity index (χ1v) is 11.0. The maximum Gasteiger partial charge on any atom is 0.235 e. The second kappa shape index (κ2) is 9.44. The zero-order valence-corrected chi connectivity index (χ0v) is 16.2. The van der Waals surface area contributed by atoms with Crippen molar-refractivity contribution in [1.29, 1.82) is 0 Å². The van der Waals surface area contributed by atoms with Crippen LogP contribution in [-0.4, -0.2) is 24.5 Å². The monoisotopic (exact) mass is 367 g/mol. The minimum Gasteiger partial charge on any atom is -0.245 e. The lowest BCUT2D eigenvalue weighted by atomic mass is 9.65. The summed E-state index contributed by atoms with van der Waals surface area (Å²) >= 11 is 0. The zero-order chi connectivity index (χ0) is 18.5. The number of alkyl halides is 2. The first kappa shape index (κ1) is 20.0. The molecule has 3 rings (SSSR count). The summed E-state index contributed by atoms with van der Waals surface area (Å²) in [6, 6.07) is -1.11. The minimum absolute atomic E-state index is 0.124. The van der Waals surface area contributed by atoms with E-state index in [0.717, 1.165) is 30.6 Å². The number of hydrogen-bond acceptors (Lipinski definition) is 2. The number of hydrogen-bond donors (Lipinski definition) is 0. The Morgan fingerprint density at radius 3 is 1.73 bits per heavy atom. The highest BCUT2D eigenvalue weighted by Gasteiger charge is 2.42. The van der Waals surface area contributed by atoms with Gasteiger partial charge in [0.2, 0.25) is 6.08 Å². The fourth-order valence-electron chi connectivity index (χ4n) is 6.23. The van der Waals surface area contributed by atoms with Crippen LogP contribution >= 0.6 is 0 Å². The predicted octanol–water partition coefficient (Wildman–Crippen LogP) is 6.19. The number of isocyanates is 1. The molecule has 0 heterocycles. The normalized spacial score (nSPS) is 44.3. The van der Waals surface area contributed by atoms with Gasteiger partial charge in [0.1, 0.15) is 18.4 Å². The quantitative estimate of drug-likeness (QED) is 0.421. The Morgan fingerprint density at radius 2 is 1.27 bits per heavy atom. The predicted molar refractivity (Wildman–Crippen MR) is 100 cm³/mol. The number of rotatable bonds is 5. The Labute approximate surface area is 157 Å². The summed E-state index contributed by atoms with van der Waals surface area (Å²) in [5.74, 6) is 3.27. The first-order chi connectivity index (χ1) is 12.6. The largest absolute Gasteiger partial charge is 0.245 e. The molecule has 0 aliphatic heterocycles. The molecular weight excluding hydrogens is 332 g/mol. The number of halogens is 2. The molecule has 0 radical (unpaired) electrons. The third-order valence-corrected chi connectivity index (χ3v) is 7.74. The molecule has 2 unspecified atom stereocenters. The second-order valence-corrected chi connectivity index (χ2v) is 9.22.